The van der Waals surface area contributed by atoms with E-state index in [0.717, 1.165) is 33.8 Å². The fourth-order valence-electron chi connectivity index (χ4n) is 2.90. The molecule has 1 aliphatic carbocycles. The van der Waals surface area contributed by atoms with Gasteiger partial charge in [-0.05, 0) is 54.0 Å². The third-order valence-electron chi connectivity index (χ3n) is 4.50. The fraction of sp³-hybridized carbons (Fsp3) is 0.316. The van der Waals surface area contributed by atoms with E-state index >= 15 is 0 Å². The van der Waals surface area contributed by atoms with Crippen LogP contribution in [0.25, 0.3) is 10.2 Å². The molecule has 0 bridgehead atoms. The van der Waals surface area contributed by atoms with Gasteiger partial charge in [0.1, 0.15) is 11.4 Å². The van der Waals surface area contributed by atoms with Gasteiger partial charge in [0.05, 0.1) is 17.3 Å². The third-order valence-corrected chi connectivity index (χ3v) is 5.36. The lowest BCUT2D eigenvalue weighted by molar-refractivity contribution is 0.0943. The summed E-state index contributed by atoms with van der Waals surface area (Å²) in [6.07, 6.45) is 2.48. The molecule has 0 aliphatic heterocycles. The first-order valence-electron chi connectivity index (χ1n) is 8.22. The Morgan fingerprint density at radius 3 is 2.79 bits per heavy atom. The number of carbonyl (C=O) groups excluding carboxylic acids is 1. The van der Waals surface area contributed by atoms with Gasteiger partial charge in [-0.25, -0.2) is 0 Å². The Morgan fingerprint density at radius 1 is 1.29 bits per heavy atom. The smallest absolute Gasteiger partial charge is 0.267 e. The summed E-state index contributed by atoms with van der Waals surface area (Å²) in [7, 11) is 1.66. The van der Waals surface area contributed by atoms with E-state index in [4.69, 9.17) is 4.74 Å². The van der Waals surface area contributed by atoms with Gasteiger partial charge in [-0.2, -0.15) is 0 Å². The largest absolute Gasteiger partial charge is 0.497 e. The predicted molar refractivity (Wildman–Crippen MR) is 97.0 cm³/mol. The normalized spacial score (nSPS) is 14.0. The molecule has 4 rings (SSSR count). The summed E-state index contributed by atoms with van der Waals surface area (Å²) in [4.78, 5) is 12.6. The quantitative estimate of drug-likeness (QED) is 0.739. The zero-order valence-electron chi connectivity index (χ0n) is 13.6. The first kappa shape index (κ1) is 15.3. The molecule has 5 heteroatoms. The maximum Gasteiger partial charge on any atom is 0.267 e. The lowest BCUT2D eigenvalue weighted by Gasteiger charge is -2.11. The number of carbonyl (C=O) groups is 1. The zero-order valence-corrected chi connectivity index (χ0v) is 14.4. The van der Waals surface area contributed by atoms with Crippen molar-refractivity contribution >= 4 is 27.5 Å². The van der Waals surface area contributed by atoms with Crippen molar-refractivity contribution in [3.05, 3.63) is 53.0 Å². The second-order valence-electron chi connectivity index (χ2n) is 6.29. The van der Waals surface area contributed by atoms with Gasteiger partial charge in [-0.1, -0.05) is 12.1 Å². The van der Waals surface area contributed by atoms with Crippen molar-refractivity contribution < 1.29 is 9.53 Å². The summed E-state index contributed by atoms with van der Waals surface area (Å²) >= 11 is 1.67. The molecule has 3 aromatic rings. The van der Waals surface area contributed by atoms with Crippen LogP contribution in [0.5, 0.6) is 5.75 Å². The van der Waals surface area contributed by atoms with Gasteiger partial charge in [0, 0.05) is 13.1 Å². The molecule has 2 heterocycles. The van der Waals surface area contributed by atoms with E-state index in [0.29, 0.717) is 12.5 Å². The number of methoxy groups -OCH3 is 1. The maximum atomic E-state index is 12.6. The molecule has 1 fully saturated rings. The third kappa shape index (κ3) is 3.04. The molecule has 1 amide bonds. The van der Waals surface area contributed by atoms with Crippen molar-refractivity contribution in [3.8, 4) is 5.75 Å². The van der Waals surface area contributed by atoms with Crippen LogP contribution in [0.2, 0.25) is 0 Å². The van der Waals surface area contributed by atoms with Crippen LogP contribution < -0.4 is 10.1 Å². The van der Waals surface area contributed by atoms with Gasteiger partial charge in [0.2, 0.25) is 0 Å². The highest BCUT2D eigenvalue weighted by Gasteiger charge is 2.23. The topological polar surface area (TPSA) is 43.3 Å². The summed E-state index contributed by atoms with van der Waals surface area (Å²) in [5.74, 6) is 1.55. The first-order valence-corrected chi connectivity index (χ1v) is 9.10. The molecular weight excluding hydrogens is 320 g/mol. The number of nitrogens with zero attached hydrogens (tertiary/aromatic N) is 1. The van der Waals surface area contributed by atoms with Crippen molar-refractivity contribution in [3.63, 3.8) is 0 Å². The van der Waals surface area contributed by atoms with E-state index in [9.17, 15) is 4.79 Å². The lowest BCUT2D eigenvalue weighted by atomic mass is 10.2. The van der Waals surface area contributed by atoms with Crippen LogP contribution in [0.1, 0.15) is 28.9 Å². The van der Waals surface area contributed by atoms with Gasteiger partial charge in [-0.3, -0.25) is 4.79 Å². The zero-order chi connectivity index (χ0) is 16.5. The predicted octanol–water partition coefficient (Wildman–Crippen LogP) is 3.90. The van der Waals surface area contributed by atoms with Crippen LogP contribution in [0, 0.1) is 5.92 Å². The molecule has 1 N–H and O–H groups in total. The standard InChI is InChI=1S/C19H20N2O2S/c1-23-15-6-4-14(5-7-15)12-21-16-8-9-24-18(16)10-17(21)19(22)20-11-13-2-3-13/h4-10,13H,2-3,11-12H2,1H3,(H,20,22). The molecule has 0 saturated heterocycles. The molecule has 1 saturated carbocycles. The number of nitrogens with one attached hydrogen (secondary N) is 1. The summed E-state index contributed by atoms with van der Waals surface area (Å²) < 4.78 is 8.48. The molecule has 0 atom stereocenters. The monoisotopic (exact) mass is 340 g/mol. The van der Waals surface area contributed by atoms with E-state index in [1.165, 1.54) is 12.8 Å². The molecule has 2 aromatic heterocycles. The van der Waals surface area contributed by atoms with Crippen LogP contribution in [-0.2, 0) is 6.54 Å². The number of benzene rings is 1. The van der Waals surface area contributed by atoms with Crippen LogP contribution in [0.3, 0.4) is 0 Å². The van der Waals surface area contributed by atoms with Gasteiger partial charge >= 0.3 is 0 Å². The Kier molecular flexibility index (Phi) is 4.02. The van der Waals surface area contributed by atoms with Crippen molar-refractivity contribution in [1.29, 1.82) is 0 Å². The van der Waals surface area contributed by atoms with E-state index < -0.39 is 0 Å². The molecule has 4 nitrogen and oxygen atoms in total. The fourth-order valence-corrected chi connectivity index (χ4v) is 3.72. The highest BCUT2D eigenvalue weighted by molar-refractivity contribution is 7.17. The molecule has 1 aromatic carbocycles. The number of hydrogen-bond donors (Lipinski definition) is 1. The van der Waals surface area contributed by atoms with E-state index in [2.05, 4.69) is 21.3 Å². The Labute approximate surface area is 145 Å². The van der Waals surface area contributed by atoms with Gasteiger partial charge in [-0.15, -0.1) is 11.3 Å². The van der Waals surface area contributed by atoms with Crippen molar-refractivity contribution in [1.82, 2.24) is 9.88 Å². The summed E-state index contributed by atoms with van der Waals surface area (Å²) in [5, 5.41) is 5.15. The van der Waals surface area contributed by atoms with Crippen LogP contribution in [0.4, 0.5) is 0 Å². The molecule has 124 valence electrons. The van der Waals surface area contributed by atoms with Crippen LogP contribution in [0.15, 0.2) is 41.8 Å². The average Bonchev–Trinajstić information content (AvgIpc) is 3.22. The molecule has 1 aliphatic rings. The highest BCUT2D eigenvalue weighted by atomic mass is 32.1. The SMILES string of the molecule is COc1ccc(Cn2c(C(=O)NCC3CC3)cc3sccc32)cc1. The second kappa shape index (κ2) is 6.32. The number of thiophene rings is 1. The summed E-state index contributed by atoms with van der Waals surface area (Å²) in [5.41, 5.74) is 3.01. The molecular formula is C19H20N2O2S. The minimum Gasteiger partial charge on any atom is -0.497 e. The van der Waals surface area contributed by atoms with Crippen LogP contribution in [-0.4, -0.2) is 24.1 Å². The van der Waals surface area contributed by atoms with E-state index in [1.54, 1.807) is 18.4 Å². The number of fused-ring (bicyclic) bond motifs is 1. The number of amides is 1. The number of rotatable bonds is 6. The second-order valence-corrected chi connectivity index (χ2v) is 7.23. The number of aromatic nitrogens is 1. The Morgan fingerprint density at radius 2 is 2.08 bits per heavy atom. The molecule has 0 spiro atoms. The van der Waals surface area contributed by atoms with E-state index in [1.807, 2.05) is 30.3 Å². The van der Waals surface area contributed by atoms with Crippen molar-refractivity contribution in [2.45, 2.75) is 19.4 Å². The van der Waals surface area contributed by atoms with Crippen molar-refractivity contribution in [2.24, 2.45) is 5.92 Å². The minimum atomic E-state index is 0.0267. The van der Waals surface area contributed by atoms with Gasteiger partial charge in [0.25, 0.3) is 5.91 Å². The molecule has 24 heavy (non-hydrogen) atoms. The first-order chi connectivity index (χ1) is 11.7. The lowest BCUT2D eigenvalue weighted by Crippen LogP contribution is -2.27. The van der Waals surface area contributed by atoms with Gasteiger partial charge in [0.15, 0.2) is 0 Å². The maximum absolute atomic E-state index is 12.6. The molecule has 0 radical (unpaired) electrons. The summed E-state index contributed by atoms with van der Waals surface area (Å²) in [6, 6.07) is 12.1. The number of ether oxygens (including phenoxy) is 1. The van der Waals surface area contributed by atoms with Crippen LogP contribution >= 0.6 is 11.3 Å². The summed E-state index contributed by atoms with van der Waals surface area (Å²) in [6.45, 7) is 1.47. The van der Waals surface area contributed by atoms with Crippen molar-refractivity contribution in [2.75, 3.05) is 13.7 Å². The number of hydrogen-bond acceptors (Lipinski definition) is 3. The Bertz CT molecular complexity index is 859. The Hall–Kier alpha value is -2.27. The Balaban J connectivity index is 1.62. The minimum absolute atomic E-state index is 0.0267. The highest BCUT2D eigenvalue weighted by Crippen LogP contribution is 2.29. The average molecular weight is 340 g/mol. The van der Waals surface area contributed by atoms with Gasteiger partial charge < -0.3 is 14.6 Å². The molecule has 0 unspecified atom stereocenters. The van der Waals surface area contributed by atoms with E-state index in [-0.39, 0.29) is 5.91 Å².